The first-order chi connectivity index (χ1) is 6.38. The van der Waals surface area contributed by atoms with Crippen LogP contribution in [0.4, 0.5) is 0 Å². The summed E-state index contributed by atoms with van der Waals surface area (Å²) in [4.78, 5) is 12.0. The van der Waals surface area contributed by atoms with Crippen molar-refractivity contribution in [3.63, 3.8) is 0 Å². The highest BCUT2D eigenvalue weighted by Crippen LogP contribution is 2.57. The van der Waals surface area contributed by atoms with E-state index >= 15 is 0 Å². The molecule has 1 heteroatoms. The van der Waals surface area contributed by atoms with Gasteiger partial charge in [-0.05, 0) is 36.7 Å². The van der Waals surface area contributed by atoms with Crippen molar-refractivity contribution >= 4 is 5.78 Å². The number of hydrogen-bond donors (Lipinski definition) is 0. The molecule has 78 valence electrons. The Kier molecular flexibility index (Phi) is 1.93. The predicted octanol–water partition coefficient (Wildman–Crippen LogP) is 3.35. The Hall–Kier alpha value is -0.590. The quantitative estimate of drug-likeness (QED) is 0.575. The molecule has 0 amide bonds. The molecule has 0 aliphatic heterocycles. The van der Waals surface area contributed by atoms with Gasteiger partial charge >= 0.3 is 0 Å². The third-order valence-electron chi connectivity index (χ3n) is 4.48. The van der Waals surface area contributed by atoms with E-state index in [0.29, 0.717) is 5.78 Å². The third kappa shape index (κ3) is 1.11. The number of carbonyl (C=O) groups is 1. The van der Waals surface area contributed by atoms with Crippen LogP contribution in [0.5, 0.6) is 0 Å². The fourth-order valence-electron chi connectivity index (χ4n) is 3.65. The number of rotatable bonds is 0. The van der Waals surface area contributed by atoms with E-state index < -0.39 is 0 Å². The highest BCUT2D eigenvalue weighted by molar-refractivity contribution is 5.97. The van der Waals surface area contributed by atoms with Gasteiger partial charge in [-0.25, -0.2) is 0 Å². The molecule has 2 atom stereocenters. The number of ketones is 1. The first-order valence-corrected chi connectivity index (χ1v) is 5.60. The standard InChI is InChI=1S/C13H20O/c1-9-8-10(14)11-12(2,3)6-5-7-13(9,11)4/h8,11H,5-7H2,1-4H3. The molecule has 2 aliphatic carbocycles. The van der Waals surface area contributed by atoms with Crippen LogP contribution >= 0.6 is 0 Å². The minimum atomic E-state index is 0.166. The lowest BCUT2D eigenvalue weighted by Gasteiger charge is -2.47. The second kappa shape index (κ2) is 2.71. The third-order valence-corrected chi connectivity index (χ3v) is 4.48. The maximum atomic E-state index is 12.0. The molecule has 14 heavy (non-hydrogen) atoms. The molecule has 2 aliphatic rings. The molecular formula is C13H20O. The molecule has 0 N–H and O–H groups in total. The molecular weight excluding hydrogens is 172 g/mol. The lowest BCUT2D eigenvalue weighted by molar-refractivity contribution is -0.126. The molecule has 0 saturated heterocycles. The number of hydrogen-bond acceptors (Lipinski definition) is 1. The monoisotopic (exact) mass is 192 g/mol. The van der Waals surface area contributed by atoms with Crippen LogP contribution in [0.25, 0.3) is 0 Å². The summed E-state index contributed by atoms with van der Waals surface area (Å²) in [5.74, 6) is 0.610. The van der Waals surface area contributed by atoms with Crippen LogP contribution in [0.2, 0.25) is 0 Å². The Morgan fingerprint density at radius 1 is 1.29 bits per heavy atom. The highest BCUT2D eigenvalue weighted by atomic mass is 16.1. The van der Waals surface area contributed by atoms with Crippen LogP contribution < -0.4 is 0 Å². The average Bonchev–Trinajstić information content (AvgIpc) is 2.22. The lowest BCUT2D eigenvalue weighted by atomic mass is 9.56. The molecule has 0 heterocycles. The van der Waals surface area contributed by atoms with Crippen molar-refractivity contribution in [2.24, 2.45) is 16.7 Å². The molecule has 0 aromatic rings. The van der Waals surface area contributed by atoms with Crippen LogP contribution in [0.1, 0.15) is 47.0 Å². The zero-order valence-corrected chi connectivity index (χ0v) is 9.68. The van der Waals surface area contributed by atoms with Gasteiger partial charge in [-0.3, -0.25) is 4.79 Å². The molecule has 0 aromatic carbocycles. The van der Waals surface area contributed by atoms with E-state index in [1.165, 1.54) is 24.8 Å². The molecule has 0 bridgehead atoms. The summed E-state index contributed by atoms with van der Waals surface area (Å²) in [5.41, 5.74) is 1.66. The van der Waals surface area contributed by atoms with E-state index in [2.05, 4.69) is 27.7 Å². The summed E-state index contributed by atoms with van der Waals surface area (Å²) in [6, 6.07) is 0. The largest absolute Gasteiger partial charge is 0.294 e. The summed E-state index contributed by atoms with van der Waals surface area (Å²) in [5, 5.41) is 0. The molecule has 0 spiro atoms. The first kappa shape index (κ1) is 9.95. The number of carbonyl (C=O) groups excluding carboxylic acids is 1. The molecule has 2 rings (SSSR count). The first-order valence-electron chi connectivity index (χ1n) is 5.60. The summed E-state index contributed by atoms with van der Waals surface area (Å²) in [6.45, 7) is 8.90. The maximum absolute atomic E-state index is 12.0. The van der Waals surface area contributed by atoms with Gasteiger partial charge in [0.05, 0.1) is 0 Å². The van der Waals surface area contributed by atoms with Crippen molar-refractivity contribution in [1.82, 2.24) is 0 Å². The fourth-order valence-corrected chi connectivity index (χ4v) is 3.65. The minimum Gasteiger partial charge on any atom is -0.294 e. The fraction of sp³-hybridized carbons (Fsp3) is 0.769. The van der Waals surface area contributed by atoms with Gasteiger partial charge in [0.1, 0.15) is 0 Å². The van der Waals surface area contributed by atoms with Crippen molar-refractivity contribution in [3.05, 3.63) is 11.6 Å². The minimum absolute atomic E-state index is 0.166. The van der Waals surface area contributed by atoms with E-state index in [9.17, 15) is 4.79 Å². The van der Waals surface area contributed by atoms with Gasteiger partial charge in [-0.2, -0.15) is 0 Å². The van der Waals surface area contributed by atoms with E-state index in [1.807, 2.05) is 6.08 Å². The molecule has 1 fully saturated rings. The SMILES string of the molecule is CC1=CC(=O)C2C(C)(C)CCCC12C. The number of allylic oxidation sites excluding steroid dienone is 2. The van der Waals surface area contributed by atoms with Gasteiger partial charge in [0.25, 0.3) is 0 Å². The summed E-state index contributed by atoms with van der Waals surface area (Å²) >= 11 is 0. The Morgan fingerprint density at radius 2 is 1.93 bits per heavy atom. The summed E-state index contributed by atoms with van der Waals surface area (Å²) in [6.07, 6.45) is 5.53. The van der Waals surface area contributed by atoms with E-state index in [1.54, 1.807) is 0 Å². The normalized spacial score (nSPS) is 40.7. The Labute approximate surface area is 86.6 Å². The topological polar surface area (TPSA) is 17.1 Å². The van der Waals surface area contributed by atoms with Crippen LogP contribution in [-0.4, -0.2) is 5.78 Å². The van der Waals surface area contributed by atoms with Gasteiger partial charge < -0.3 is 0 Å². The Balaban J connectivity index is 2.45. The molecule has 1 saturated carbocycles. The van der Waals surface area contributed by atoms with Crippen molar-refractivity contribution in [2.75, 3.05) is 0 Å². The van der Waals surface area contributed by atoms with Crippen molar-refractivity contribution < 1.29 is 4.79 Å². The number of fused-ring (bicyclic) bond motifs is 1. The van der Waals surface area contributed by atoms with Crippen LogP contribution in [0.3, 0.4) is 0 Å². The zero-order valence-electron chi connectivity index (χ0n) is 9.68. The maximum Gasteiger partial charge on any atom is 0.160 e. The van der Waals surface area contributed by atoms with Gasteiger partial charge in [0, 0.05) is 5.92 Å². The Bertz CT molecular complexity index is 311. The van der Waals surface area contributed by atoms with Crippen molar-refractivity contribution in [1.29, 1.82) is 0 Å². The van der Waals surface area contributed by atoms with Crippen LogP contribution in [0, 0.1) is 16.7 Å². The van der Waals surface area contributed by atoms with Crippen LogP contribution in [-0.2, 0) is 4.79 Å². The summed E-state index contributed by atoms with van der Waals surface area (Å²) < 4.78 is 0. The van der Waals surface area contributed by atoms with E-state index in [-0.39, 0.29) is 16.7 Å². The van der Waals surface area contributed by atoms with Gasteiger partial charge in [0.2, 0.25) is 0 Å². The predicted molar refractivity (Wildman–Crippen MR) is 58.0 cm³/mol. The van der Waals surface area contributed by atoms with Crippen LogP contribution in [0.15, 0.2) is 11.6 Å². The summed E-state index contributed by atoms with van der Waals surface area (Å²) in [7, 11) is 0. The van der Waals surface area contributed by atoms with Crippen molar-refractivity contribution in [2.45, 2.75) is 47.0 Å². The lowest BCUT2D eigenvalue weighted by Crippen LogP contribution is -2.43. The highest BCUT2D eigenvalue weighted by Gasteiger charge is 2.53. The zero-order chi connectivity index (χ0) is 10.6. The van der Waals surface area contributed by atoms with E-state index in [0.717, 1.165) is 0 Å². The molecule has 1 nitrogen and oxygen atoms in total. The second-order valence-electron chi connectivity index (χ2n) is 5.92. The second-order valence-corrected chi connectivity index (χ2v) is 5.92. The van der Waals surface area contributed by atoms with Gasteiger partial charge in [-0.1, -0.05) is 32.8 Å². The molecule has 2 unspecified atom stereocenters. The van der Waals surface area contributed by atoms with Gasteiger partial charge in [0.15, 0.2) is 5.78 Å². The average molecular weight is 192 g/mol. The molecule has 0 aromatic heterocycles. The smallest absolute Gasteiger partial charge is 0.160 e. The molecule has 0 radical (unpaired) electrons. The van der Waals surface area contributed by atoms with Gasteiger partial charge in [-0.15, -0.1) is 0 Å². The van der Waals surface area contributed by atoms with Crippen molar-refractivity contribution in [3.8, 4) is 0 Å². The Morgan fingerprint density at radius 3 is 2.50 bits per heavy atom. The van der Waals surface area contributed by atoms with E-state index in [4.69, 9.17) is 0 Å².